The summed E-state index contributed by atoms with van der Waals surface area (Å²) in [5, 5.41) is 7.99. The number of aromatic nitrogens is 6. The predicted octanol–water partition coefficient (Wildman–Crippen LogP) is -0.752. The molecule has 19 heavy (non-hydrogen) atoms. The van der Waals surface area contributed by atoms with Crippen LogP contribution in [0.5, 0.6) is 0 Å². The normalized spacial score (nSPS) is 16.9. The Morgan fingerprint density at radius 3 is 2.63 bits per heavy atom. The van der Waals surface area contributed by atoms with Crippen molar-refractivity contribution >= 4 is 0 Å². The first-order chi connectivity index (χ1) is 9.45. The molecule has 88 valence electrons. The highest BCUT2D eigenvalue weighted by Crippen LogP contribution is 2.26. The van der Waals surface area contributed by atoms with Gasteiger partial charge >= 0.3 is 12.6 Å². The van der Waals surface area contributed by atoms with E-state index < -0.39 is 0 Å². The van der Waals surface area contributed by atoms with E-state index in [4.69, 9.17) is 0 Å². The average Bonchev–Trinajstić information content (AvgIpc) is 2.99. The van der Waals surface area contributed by atoms with Crippen molar-refractivity contribution in [1.82, 2.24) is 15.2 Å². The van der Waals surface area contributed by atoms with Crippen LogP contribution in [0.4, 0.5) is 0 Å². The molecule has 0 bridgehead atoms. The molecule has 0 aromatic carbocycles. The quantitative estimate of drug-likeness (QED) is 0.339. The summed E-state index contributed by atoms with van der Waals surface area (Å²) in [5.74, 6) is 0. The molecule has 5 heterocycles. The minimum absolute atomic E-state index is 0.0420. The van der Waals surface area contributed by atoms with Gasteiger partial charge in [-0.3, -0.25) is 0 Å². The van der Waals surface area contributed by atoms with E-state index in [9.17, 15) is 0 Å². The molecule has 3 aromatic rings. The Kier molecular flexibility index (Phi) is 1.44. The Morgan fingerprint density at radius 2 is 1.68 bits per heavy atom. The molecular formula is C13H9N6+3. The standard InChI is InChI=1S/C13H9N6/c1-2-10-9-4-5-14-7-17(9)13-18-8-16-15-6-12(18)11(3-1)19(10)13/h1-8,13H/q+3. The van der Waals surface area contributed by atoms with Crippen molar-refractivity contribution in [2.45, 2.75) is 6.29 Å². The van der Waals surface area contributed by atoms with E-state index in [2.05, 4.69) is 47.1 Å². The van der Waals surface area contributed by atoms with Crippen LogP contribution in [0.3, 0.4) is 0 Å². The fourth-order valence-electron chi connectivity index (χ4n) is 3.03. The third-order valence-electron chi connectivity index (χ3n) is 3.77. The minimum Gasteiger partial charge on any atom is -0.122 e. The molecule has 0 N–H and O–H groups in total. The van der Waals surface area contributed by atoms with Crippen LogP contribution in [0, 0.1) is 0 Å². The van der Waals surface area contributed by atoms with E-state index in [1.54, 1.807) is 12.5 Å². The molecule has 0 saturated carbocycles. The number of fused-ring (bicyclic) bond motifs is 6. The van der Waals surface area contributed by atoms with E-state index >= 15 is 0 Å². The van der Waals surface area contributed by atoms with E-state index in [-0.39, 0.29) is 6.29 Å². The molecule has 1 atom stereocenters. The molecule has 0 aliphatic carbocycles. The van der Waals surface area contributed by atoms with Crippen LogP contribution < -0.4 is 13.7 Å². The third kappa shape index (κ3) is 0.943. The maximum absolute atomic E-state index is 4.23. The lowest BCUT2D eigenvalue weighted by Crippen LogP contribution is -2.64. The van der Waals surface area contributed by atoms with Gasteiger partial charge in [0, 0.05) is 18.2 Å². The van der Waals surface area contributed by atoms with Gasteiger partial charge in [-0.25, -0.2) is 0 Å². The Morgan fingerprint density at radius 1 is 0.842 bits per heavy atom. The van der Waals surface area contributed by atoms with Gasteiger partial charge in [-0.05, 0) is 11.2 Å². The molecule has 6 nitrogen and oxygen atoms in total. The monoisotopic (exact) mass is 249 g/mol. The number of pyridine rings is 1. The van der Waals surface area contributed by atoms with E-state index in [1.807, 2.05) is 18.6 Å². The molecule has 0 fully saturated rings. The largest absolute Gasteiger partial charge is 0.451 e. The van der Waals surface area contributed by atoms with Gasteiger partial charge in [-0.15, -0.1) is 13.7 Å². The minimum atomic E-state index is 0.0420. The number of hydrogen-bond acceptors (Lipinski definition) is 3. The fraction of sp³-hybridized carbons (Fsp3) is 0.0769. The van der Waals surface area contributed by atoms with Crippen molar-refractivity contribution in [3.05, 3.63) is 49.3 Å². The maximum atomic E-state index is 4.23. The summed E-state index contributed by atoms with van der Waals surface area (Å²) in [7, 11) is 0. The third-order valence-corrected chi connectivity index (χ3v) is 3.77. The van der Waals surface area contributed by atoms with Crippen LogP contribution in [0.25, 0.3) is 22.8 Å². The summed E-state index contributed by atoms with van der Waals surface area (Å²) in [6.07, 6.45) is 7.30. The van der Waals surface area contributed by atoms with E-state index in [0.717, 1.165) is 17.1 Å². The summed E-state index contributed by atoms with van der Waals surface area (Å²) >= 11 is 0. The molecule has 1 unspecified atom stereocenters. The first kappa shape index (κ1) is 9.21. The maximum Gasteiger partial charge on any atom is 0.451 e. The van der Waals surface area contributed by atoms with Gasteiger partial charge in [-0.1, -0.05) is 4.98 Å². The second-order valence-electron chi connectivity index (χ2n) is 4.65. The highest BCUT2D eigenvalue weighted by atomic mass is 15.5. The zero-order valence-corrected chi connectivity index (χ0v) is 9.88. The average molecular weight is 249 g/mol. The number of nitrogens with zero attached hydrogens (tertiary/aromatic N) is 6. The first-order valence-electron chi connectivity index (χ1n) is 6.07. The lowest BCUT2D eigenvalue weighted by molar-refractivity contribution is -1.08. The van der Waals surface area contributed by atoms with Gasteiger partial charge in [0.2, 0.25) is 11.4 Å². The second kappa shape index (κ2) is 2.97. The van der Waals surface area contributed by atoms with Crippen molar-refractivity contribution in [3.63, 3.8) is 0 Å². The van der Waals surface area contributed by atoms with Crippen LogP contribution in [0.15, 0.2) is 49.3 Å². The zero-order valence-electron chi connectivity index (χ0n) is 9.88. The molecule has 3 aromatic heterocycles. The molecule has 0 amide bonds. The molecule has 0 spiro atoms. The van der Waals surface area contributed by atoms with E-state index in [0.29, 0.717) is 0 Å². The first-order valence-corrected chi connectivity index (χ1v) is 6.07. The molecule has 0 radical (unpaired) electrons. The lowest BCUT2D eigenvalue weighted by atomic mass is 10.2. The summed E-state index contributed by atoms with van der Waals surface area (Å²) < 4.78 is 6.55. The van der Waals surface area contributed by atoms with Crippen LogP contribution in [-0.4, -0.2) is 15.2 Å². The van der Waals surface area contributed by atoms with Crippen LogP contribution in [0.1, 0.15) is 6.29 Å². The van der Waals surface area contributed by atoms with Crippen molar-refractivity contribution in [3.8, 4) is 22.8 Å². The highest BCUT2D eigenvalue weighted by Gasteiger charge is 2.53. The van der Waals surface area contributed by atoms with Gasteiger partial charge < -0.3 is 0 Å². The SMILES string of the molecule is c1cc2[n+]3c(c1)-c1cnnc[n+]1C3[n+]1cnccc1-2. The number of rotatable bonds is 0. The van der Waals surface area contributed by atoms with Crippen LogP contribution in [-0.2, 0) is 0 Å². The van der Waals surface area contributed by atoms with Gasteiger partial charge in [0.05, 0.1) is 5.10 Å². The smallest absolute Gasteiger partial charge is 0.122 e. The second-order valence-corrected chi connectivity index (χ2v) is 4.65. The molecule has 2 aliphatic rings. The van der Waals surface area contributed by atoms with E-state index in [1.165, 1.54) is 5.69 Å². The molecule has 5 rings (SSSR count). The van der Waals surface area contributed by atoms with Gasteiger partial charge in [0.1, 0.15) is 12.4 Å². The molecular weight excluding hydrogens is 240 g/mol. The summed E-state index contributed by atoms with van der Waals surface area (Å²) in [5.41, 5.74) is 4.58. The van der Waals surface area contributed by atoms with Crippen LogP contribution >= 0.6 is 0 Å². The molecule has 2 aliphatic heterocycles. The Balaban J connectivity index is 1.99. The number of hydrogen-bond donors (Lipinski definition) is 0. The molecule has 6 heteroatoms. The Labute approximate surface area is 108 Å². The molecule has 0 saturated heterocycles. The summed E-state index contributed by atoms with van der Waals surface area (Å²) in [4.78, 5) is 4.23. The lowest BCUT2D eigenvalue weighted by Gasteiger charge is -1.96. The summed E-state index contributed by atoms with van der Waals surface area (Å²) in [6, 6.07) is 8.35. The zero-order chi connectivity index (χ0) is 12.4. The fourth-order valence-corrected chi connectivity index (χ4v) is 3.03. The van der Waals surface area contributed by atoms with Gasteiger partial charge in [0.25, 0.3) is 17.7 Å². The van der Waals surface area contributed by atoms with Crippen LogP contribution in [0.2, 0.25) is 0 Å². The Hall–Kier alpha value is -2.76. The topological polar surface area (TPSA) is 50.3 Å². The van der Waals surface area contributed by atoms with Gasteiger partial charge in [-0.2, -0.15) is 0 Å². The van der Waals surface area contributed by atoms with Crippen molar-refractivity contribution in [1.29, 1.82) is 0 Å². The summed E-state index contributed by atoms with van der Waals surface area (Å²) in [6.45, 7) is 0. The Bertz CT molecular complexity index is 778. The van der Waals surface area contributed by atoms with Crippen molar-refractivity contribution in [2.75, 3.05) is 0 Å². The van der Waals surface area contributed by atoms with Crippen molar-refractivity contribution in [2.24, 2.45) is 0 Å². The predicted molar refractivity (Wildman–Crippen MR) is 61.1 cm³/mol. The van der Waals surface area contributed by atoms with Gasteiger partial charge in [0.15, 0.2) is 0 Å². The highest BCUT2D eigenvalue weighted by molar-refractivity contribution is 5.53. The van der Waals surface area contributed by atoms with Crippen molar-refractivity contribution < 1.29 is 13.7 Å².